The fraction of sp³-hybridized carbons (Fsp3) is 0.316. The molecule has 1 aromatic carbocycles. The van der Waals surface area contributed by atoms with Crippen LogP contribution in [0.25, 0.3) is 0 Å². The largest absolute Gasteiger partial charge is 0.346 e. The molecule has 160 valence electrons. The first-order chi connectivity index (χ1) is 14.2. The smallest absolute Gasteiger partial charge is 0.312 e. The lowest BCUT2D eigenvalue weighted by atomic mass is 10.1. The molecule has 1 amide bonds. The number of hydrogen-bond donors (Lipinski definition) is 2. The fourth-order valence-corrected chi connectivity index (χ4v) is 5.31. The first-order valence-corrected chi connectivity index (χ1v) is 12.1. The third kappa shape index (κ3) is 5.49. The maximum absolute atomic E-state index is 12.7. The molecule has 0 saturated heterocycles. The third-order valence-corrected chi connectivity index (χ3v) is 7.62. The lowest BCUT2D eigenvalue weighted by molar-refractivity contribution is -0.121. The van der Waals surface area contributed by atoms with Crippen molar-refractivity contribution in [3.63, 3.8) is 0 Å². The summed E-state index contributed by atoms with van der Waals surface area (Å²) in [7, 11) is -3.95. The van der Waals surface area contributed by atoms with Gasteiger partial charge < -0.3 is 5.32 Å². The van der Waals surface area contributed by atoms with Crippen LogP contribution in [-0.2, 0) is 32.0 Å². The summed E-state index contributed by atoms with van der Waals surface area (Å²) in [4.78, 5) is 22.5. The highest BCUT2D eigenvalue weighted by atomic mass is 32.2. The number of aromatic nitrogens is 2. The Balaban J connectivity index is 1.78. The Hall–Kier alpha value is -2.18. The molecule has 0 bridgehead atoms. The lowest BCUT2D eigenvalue weighted by Crippen LogP contribution is -2.31. The quantitative estimate of drug-likeness (QED) is 0.489. The molecule has 3 N–H and O–H groups in total. The summed E-state index contributed by atoms with van der Waals surface area (Å²) in [5.74, 6) is 4.70. The SMILES string of the molecule is Cc1csc([C@H](Cc2ccc(S(=O)(=O)ON)cc2)NC(=O)Cc2sc(C)nc2C)n1. The molecule has 0 fully saturated rings. The first-order valence-electron chi connectivity index (χ1n) is 9.04. The van der Waals surface area contributed by atoms with Crippen LogP contribution in [0.2, 0.25) is 0 Å². The van der Waals surface area contributed by atoms with E-state index in [0.29, 0.717) is 6.42 Å². The third-order valence-electron chi connectivity index (χ3n) is 4.37. The number of amides is 1. The van der Waals surface area contributed by atoms with E-state index in [1.807, 2.05) is 26.2 Å². The Labute approximate surface area is 183 Å². The van der Waals surface area contributed by atoms with Crippen molar-refractivity contribution in [2.45, 2.75) is 44.6 Å². The number of nitrogens with one attached hydrogen (secondary N) is 1. The summed E-state index contributed by atoms with van der Waals surface area (Å²) in [5, 5.41) is 6.71. The molecule has 0 spiro atoms. The molecule has 8 nitrogen and oxygen atoms in total. The van der Waals surface area contributed by atoms with Crippen molar-refractivity contribution in [3.05, 3.63) is 61.5 Å². The second-order valence-electron chi connectivity index (χ2n) is 6.76. The molecule has 0 aliphatic carbocycles. The number of nitrogens with two attached hydrogens (primary N) is 1. The van der Waals surface area contributed by atoms with Gasteiger partial charge in [-0.25, -0.2) is 9.97 Å². The van der Waals surface area contributed by atoms with Crippen LogP contribution in [0.4, 0.5) is 0 Å². The molecule has 2 aromatic heterocycles. The molecule has 3 aromatic rings. The van der Waals surface area contributed by atoms with E-state index in [4.69, 9.17) is 5.90 Å². The molecule has 0 aliphatic heterocycles. The zero-order valence-corrected chi connectivity index (χ0v) is 19.2. The highest BCUT2D eigenvalue weighted by molar-refractivity contribution is 7.86. The molecule has 3 rings (SSSR count). The normalized spacial score (nSPS) is 12.7. The van der Waals surface area contributed by atoms with E-state index in [1.54, 1.807) is 12.1 Å². The van der Waals surface area contributed by atoms with E-state index in [1.165, 1.54) is 34.8 Å². The number of nitrogens with zero attached hydrogens (tertiary/aromatic N) is 2. The van der Waals surface area contributed by atoms with Crippen molar-refractivity contribution < 1.29 is 17.5 Å². The standard InChI is InChI=1S/C19H22N4O4S3/c1-11-10-28-19(21-11)16(23-18(24)9-17-12(2)22-13(3)29-17)8-14-4-6-15(7-5-14)30(25,26)27-20/h4-7,10,16H,8-9,20H2,1-3H3,(H,23,24)/t16-/m0/s1. The van der Waals surface area contributed by atoms with Crippen LogP contribution in [0.1, 0.15) is 37.9 Å². The predicted molar refractivity (Wildman–Crippen MR) is 116 cm³/mol. The van der Waals surface area contributed by atoms with Crippen molar-refractivity contribution in [1.29, 1.82) is 0 Å². The summed E-state index contributed by atoms with van der Waals surface area (Å²) in [5.41, 5.74) is 2.59. The predicted octanol–water partition coefficient (Wildman–Crippen LogP) is 2.75. The minimum absolute atomic E-state index is 0.0320. The van der Waals surface area contributed by atoms with Crippen LogP contribution >= 0.6 is 22.7 Å². The molecule has 1 atom stereocenters. The van der Waals surface area contributed by atoms with Gasteiger partial charge in [0.25, 0.3) is 0 Å². The monoisotopic (exact) mass is 466 g/mol. The number of aryl methyl sites for hydroxylation is 3. The zero-order valence-electron chi connectivity index (χ0n) is 16.7. The second kappa shape index (κ2) is 9.31. The second-order valence-corrected chi connectivity index (χ2v) is 10.5. The molecular weight excluding hydrogens is 444 g/mol. The summed E-state index contributed by atoms with van der Waals surface area (Å²) >= 11 is 2.99. The number of benzene rings is 1. The van der Waals surface area contributed by atoms with E-state index in [2.05, 4.69) is 19.6 Å². The van der Waals surface area contributed by atoms with E-state index in [-0.39, 0.29) is 23.3 Å². The molecule has 2 heterocycles. The van der Waals surface area contributed by atoms with Crippen LogP contribution in [0, 0.1) is 20.8 Å². The van der Waals surface area contributed by atoms with Gasteiger partial charge in [-0.3, -0.25) is 4.79 Å². The van der Waals surface area contributed by atoms with Crippen molar-refractivity contribution in [2.75, 3.05) is 0 Å². The molecular formula is C19H22N4O4S3. The van der Waals surface area contributed by atoms with Crippen LogP contribution in [0.3, 0.4) is 0 Å². The number of rotatable bonds is 8. The maximum atomic E-state index is 12.7. The number of carbonyl (C=O) groups is 1. The van der Waals surface area contributed by atoms with E-state index in [0.717, 1.165) is 31.8 Å². The van der Waals surface area contributed by atoms with Crippen molar-refractivity contribution >= 4 is 38.7 Å². The lowest BCUT2D eigenvalue weighted by Gasteiger charge is -2.17. The minimum Gasteiger partial charge on any atom is -0.346 e. The summed E-state index contributed by atoms with van der Waals surface area (Å²) in [6, 6.07) is 5.85. The topological polar surface area (TPSA) is 124 Å². The minimum atomic E-state index is -3.95. The highest BCUT2D eigenvalue weighted by Gasteiger charge is 2.21. The molecule has 11 heteroatoms. The first kappa shape index (κ1) is 22.5. The van der Waals surface area contributed by atoms with Gasteiger partial charge in [0.2, 0.25) is 5.91 Å². The van der Waals surface area contributed by atoms with Crippen LogP contribution in [0.15, 0.2) is 34.5 Å². The van der Waals surface area contributed by atoms with Crippen LogP contribution in [-0.4, -0.2) is 24.3 Å². The van der Waals surface area contributed by atoms with Gasteiger partial charge in [0.15, 0.2) is 0 Å². The van der Waals surface area contributed by atoms with Crippen LogP contribution < -0.4 is 11.2 Å². The number of hydrogen-bond acceptors (Lipinski definition) is 9. The van der Waals surface area contributed by atoms with Gasteiger partial charge in [-0.15, -0.1) is 22.7 Å². The molecule has 0 radical (unpaired) electrons. The van der Waals surface area contributed by atoms with Crippen LogP contribution in [0.5, 0.6) is 0 Å². The van der Waals surface area contributed by atoms with Crippen molar-refractivity contribution in [1.82, 2.24) is 15.3 Å². The summed E-state index contributed by atoms with van der Waals surface area (Å²) < 4.78 is 27.4. The van der Waals surface area contributed by atoms with Gasteiger partial charge >= 0.3 is 10.1 Å². The Bertz CT molecular complexity index is 1140. The molecule has 0 aliphatic rings. The zero-order chi connectivity index (χ0) is 21.9. The summed E-state index contributed by atoms with van der Waals surface area (Å²) in [6.45, 7) is 5.71. The van der Waals surface area contributed by atoms with Gasteiger partial charge in [-0.2, -0.15) is 18.6 Å². The number of thiazole rings is 2. The van der Waals surface area contributed by atoms with Crippen molar-refractivity contribution in [3.8, 4) is 0 Å². The van der Waals surface area contributed by atoms with Crippen molar-refractivity contribution in [2.24, 2.45) is 5.90 Å². The fourth-order valence-electron chi connectivity index (χ4n) is 2.94. The van der Waals surface area contributed by atoms with E-state index in [9.17, 15) is 13.2 Å². The Morgan fingerprint density at radius 2 is 1.90 bits per heavy atom. The number of carbonyl (C=O) groups excluding carboxylic acids is 1. The van der Waals surface area contributed by atoms with Gasteiger partial charge in [0, 0.05) is 16.0 Å². The Morgan fingerprint density at radius 1 is 1.20 bits per heavy atom. The summed E-state index contributed by atoms with van der Waals surface area (Å²) in [6.07, 6.45) is 0.715. The highest BCUT2D eigenvalue weighted by Crippen LogP contribution is 2.24. The average Bonchev–Trinajstić information content (AvgIpc) is 3.26. The van der Waals surface area contributed by atoms with Gasteiger partial charge in [0.05, 0.1) is 28.1 Å². The van der Waals surface area contributed by atoms with Gasteiger partial charge in [-0.1, -0.05) is 12.1 Å². The molecule has 30 heavy (non-hydrogen) atoms. The van der Waals surface area contributed by atoms with E-state index < -0.39 is 10.1 Å². The average molecular weight is 467 g/mol. The van der Waals surface area contributed by atoms with Gasteiger partial charge in [0.1, 0.15) is 5.01 Å². The Kier molecular flexibility index (Phi) is 6.98. The molecule has 0 saturated carbocycles. The molecule has 0 unspecified atom stereocenters. The maximum Gasteiger partial charge on any atom is 0.312 e. The van der Waals surface area contributed by atoms with Gasteiger partial charge in [-0.05, 0) is 44.9 Å². The van der Waals surface area contributed by atoms with E-state index >= 15 is 0 Å². The Morgan fingerprint density at radius 3 is 2.43 bits per heavy atom.